The zero-order valence-electron chi connectivity index (χ0n) is 9.70. The molecule has 92 valence electrons. The van der Waals surface area contributed by atoms with E-state index in [9.17, 15) is 14.4 Å². The Hall–Kier alpha value is -1.41. The van der Waals surface area contributed by atoms with Crippen LogP contribution in [0.2, 0.25) is 0 Å². The zero-order valence-corrected chi connectivity index (χ0v) is 11.4. The van der Waals surface area contributed by atoms with Gasteiger partial charge >= 0.3 is 0 Å². The third-order valence-electron chi connectivity index (χ3n) is 1.71. The van der Waals surface area contributed by atoms with Crippen LogP contribution in [-0.4, -0.2) is 18.4 Å². The monoisotopic (exact) mass is 320 g/mol. The number of rotatable bonds is 6. The number of ketones is 1. The van der Waals surface area contributed by atoms with Crippen molar-refractivity contribution in [2.45, 2.75) is 13.8 Å². The molecule has 0 aliphatic carbocycles. The molecule has 0 aromatic carbocycles. The molecule has 0 spiro atoms. The molecule has 0 saturated heterocycles. The van der Waals surface area contributed by atoms with Gasteiger partial charge in [-0.25, -0.2) is 0 Å². The van der Waals surface area contributed by atoms with Crippen molar-refractivity contribution in [3.05, 3.63) is 47.6 Å². The normalized spacial score (nSPS) is 12.6. The van der Waals surface area contributed by atoms with Crippen LogP contribution in [0.3, 0.4) is 0 Å². The number of carbonyl (C=O) groups is 3. The fourth-order valence-corrected chi connectivity index (χ4v) is 0.903. The van der Waals surface area contributed by atoms with Gasteiger partial charge in [0.15, 0.2) is 18.4 Å². The quantitative estimate of drug-likeness (QED) is 0.188. The van der Waals surface area contributed by atoms with Gasteiger partial charge in [-0.1, -0.05) is 24.3 Å². The van der Waals surface area contributed by atoms with Crippen LogP contribution in [0, 0.1) is 0 Å². The van der Waals surface area contributed by atoms with Crippen molar-refractivity contribution in [2.75, 3.05) is 0 Å². The standard InChI is InChI=1S/C13H14O3.Ru/c1-3-5-7-11(9-14)13(16)12(10-15)8-6-4-2;/h3-10H,1-2H3;. The van der Waals surface area contributed by atoms with E-state index >= 15 is 0 Å². The summed E-state index contributed by atoms with van der Waals surface area (Å²) in [6.45, 7) is 3.53. The largest absolute Gasteiger partial charge is 0.298 e. The first-order valence-corrected chi connectivity index (χ1v) is 4.82. The summed E-state index contributed by atoms with van der Waals surface area (Å²) in [6, 6.07) is 0. The third kappa shape index (κ3) is 6.69. The van der Waals surface area contributed by atoms with Gasteiger partial charge in [0.05, 0.1) is 11.1 Å². The van der Waals surface area contributed by atoms with E-state index < -0.39 is 5.78 Å². The minimum Gasteiger partial charge on any atom is -0.298 e. The molecular formula is C13H14O3Ru. The molecule has 3 nitrogen and oxygen atoms in total. The smallest absolute Gasteiger partial charge is 0.199 e. The van der Waals surface area contributed by atoms with Crippen molar-refractivity contribution in [2.24, 2.45) is 0 Å². The van der Waals surface area contributed by atoms with E-state index in [1.54, 1.807) is 38.2 Å². The number of aldehydes is 2. The molecule has 0 saturated carbocycles. The van der Waals surface area contributed by atoms with Crippen molar-refractivity contribution in [1.82, 2.24) is 0 Å². The van der Waals surface area contributed by atoms with E-state index in [4.69, 9.17) is 0 Å². The van der Waals surface area contributed by atoms with Crippen molar-refractivity contribution >= 4 is 18.4 Å². The van der Waals surface area contributed by atoms with Crippen molar-refractivity contribution in [3.63, 3.8) is 0 Å². The predicted octanol–water partition coefficient (Wildman–Crippen LogP) is 1.96. The Bertz CT molecular complexity index is 351. The first kappa shape index (κ1) is 18.0. The Morgan fingerprint density at radius 3 is 1.41 bits per heavy atom. The molecule has 0 aromatic heterocycles. The van der Waals surface area contributed by atoms with Gasteiger partial charge in [-0.2, -0.15) is 0 Å². The van der Waals surface area contributed by atoms with Gasteiger partial charge in [0.25, 0.3) is 0 Å². The minimum absolute atomic E-state index is 0. The molecule has 0 bridgehead atoms. The molecule has 0 fully saturated rings. The summed E-state index contributed by atoms with van der Waals surface area (Å²) in [5.41, 5.74) is -0.0816. The Morgan fingerprint density at radius 2 is 1.18 bits per heavy atom. The third-order valence-corrected chi connectivity index (χ3v) is 1.71. The predicted molar refractivity (Wildman–Crippen MR) is 62.9 cm³/mol. The number of allylic oxidation sites excluding steroid dienone is 8. The van der Waals surface area contributed by atoms with E-state index in [-0.39, 0.29) is 30.6 Å². The maximum absolute atomic E-state index is 11.7. The molecule has 0 heterocycles. The van der Waals surface area contributed by atoms with Gasteiger partial charge in [0.2, 0.25) is 0 Å². The summed E-state index contributed by atoms with van der Waals surface area (Å²) in [6.07, 6.45) is 10.1. The summed E-state index contributed by atoms with van der Waals surface area (Å²) in [4.78, 5) is 33.0. The molecule has 0 unspecified atom stereocenters. The van der Waals surface area contributed by atoms with Crippen molar-refractivity contribution < 1.29 is 33.9 Å². The fourth-order valence-electron chi connectivity index (χ4n) is 0.903. The second-order valence-electron chi connectivity index (χ2n) is 2.86. The molecule has 17 heavy (non-hydrogen) atoms. The average Bonchev–Trinajstić information content (AvgIpc) is 2.31. The van der Waals surface area contributed by atoms with E-state index in [0.29, 0.717) is 12.6 Å². The maximum Gasteiger partial charge on any atom is 0.199 e. The molecule has 0 N–H and O–H groups in total. The zero-order chi connectivity index (χ0) is 12.4. The van der Waals surface area contributed by atoms with E-state index in [2.05, 4.69) is 0 Å². The molecule has 0 aromatic rings. The van der Waals surface area contributed by atoms with Crippen LogP contribution < -0.4 is 0 Å². The van der Waals surface area contributed by atoms with Crippen LogP contribution in [0.4, 0.5) is 0 Å². The first-order valence-electron chi connectivity index (χ1n) is 4.82. The average molecular weight is 319 g/mol. The van der Waals surface area contributed by atoms with Gasteiger partial charge < -0.3 is 0 Å². The summed E-state index contributed by atoms with van der Waals surface area (Å²) in [5.74, 6) is -0.568. The van der Waals surface area contributed by atoms with Crippen LogP contribution in [0.5, 0.6) is 0 Å². The fraction of sp³-hybridized carbons (Fsp3) is 0.154. The molecule has 0 atom stereocenters. The van der Waals surface area contributed by atoms with E-state index in [0.717, 1.165) is 0 Å². The van der Waals surface area contributed by atoms with E-state index in [1.807, 2.05) is 0 Å². The first-order chi connectivity index (χ1) is 7.71. The topological polar surface area (TPSA) is 51.2 Å². The van der Waals surface area contributed by atoms with E-state index in [1.165, 1.54) is 12.2 Å². The molecule has 0 aliphatic rings. The van der Waals surface area contributed by atoms with Gasteiger partial charge in [0.1, 0.15) is 0 Å². The van der Waals surface area contributed by atoms with Crippen LogP contribution >= 0.6 is 0 Å². The number of hydrogen-bond acceptors (Lipinski definition) is 3. The van der Waals surface area contributed by atoms with Crippen molar-refractivity contribution in [1.29, 1.82) is 0 Å². The molecule has 4 heteroatoms. The minimum atomic E-state index is -0.568. The number of Topliss-reactive ketones (excluding diaryl/α,β-unsaturated/α-hetero) is 1. The molecular weight excluding hydrogens is 305 g/mol. The van der Waals surface area contributed by atoms with Crippen LogP contribution in [0.1, 0.15) is 13.8 Å². The van der Waals surface area contributed by atoms with Crippen molar-refractivity contribution in [3.8, 4) is 0 Å². The van der Waals surface area contributed by atoms with Crippen LogP contribution in [0.25, 0.3) is 0 Å². The summed E-state index contributed by atoms with van der Waals surface area (Å²) in [7, 11) is 0. The Morgan fingerprint density at radius 1 is 0.824 bits per heavy atom. The Balaban J connectivity index is 0. The maximum atomic E-state index is 11.7. The van der Waals surface area contributed by atoms with Crippen LogP contribution in [0.15, 0.2) is 47.6 Å². The van der Waals surface area contributed by atoms with Gasteiger partial charge in [0, 0.05) is 19.5 Å². The summed E-state index contributed by atoms with van der Waals surface area (Å²) < 4.78 is 0. The van der Waals surface area contributed by atoms with Gasteiger partial charge in [-0.3, -0.25) is 14.4 Å². The van der Waals surface area contributed by atoms with Gasteiger partial charge in [-0.05, 0) is 26.0 Å². The second kappa shape index (κ2) is 11.1. The Labute approximate surface area is 114 Å². The Kier molecular flexibility index (Phi) is 11.7. The summed E-state index contributed by atoms with van der Waals surface area (Å²) >= 11 is 0. The van der Waals surface area contributed by atoms with Crippen LogP contribution in [-0.2, 0) is 33.9 Å². The molecule has 0 aliphatic heterocycles. The number of carbonyl (C=O) groups excluding carboxylic acids is 3. The van der Waals surface area contributed by atoms with Gasteiger partial charge in [-0.15, -0.1) is 0 Å². The molecule has 0 radical (unpaired) electrons. The molecule has 0 amide bonds. The SMILES string of the molecule is CC=CC=C(C=O)C(=O)C(C=O)=CC=CC.[Ru]. The second-order valence-corrected chi connectivity index (χ2v) is 2.86. The summed E-state index contributed by atoms with van der Waals surface area (Å²) in [5, 5.41) is 0. The molecule has 0 rings (SSSR count). The number of hydrogen-bond donors (Lipinski definition) is 0.